The van der Waals surface area contributed by atoms with Crippen LogP contribution in [0.25, 0.3) is 0 Å². The molecule has 0 bridgehead atoms. The molecule has 0 aliphatic carbocycles. The second-order valence-corrected chi connectivity index (χ2v) is 5.74. The average Bonchev–Trinajstić information content (AvgIpc) is 2.65. The number of rotatable bonds is 13. The Morgan fingerprint density at radius 1 is 1.12 bits per heavy atom. The summed E-state index contributed by atoms with van der Waals surface area (Å²) in [5.74, 6) is -0.0475. The second-order valence-electron chi connectivity index (χ2n) is 4.65. The molecule has 1 atom stereocenters. The van der Waals surface area contributed by atoms with Gasteiger partial charge >= 0.3 is 8.60 Å². The summed E-state index contributed by atoms with van der Waals surface area (Å²) in [4.78, 5) is 39.9. The normalized spacial score (nSPS) is 10.2. The molecule has 0 radical (unpaired) electrons. The minimum absolute atomic E-state index is 0.00463. The lowest BCUT2D eigenvalue weighted by molar-refractivity contribution is -0.121. The van der Waals surface area contributed by atoms with Crippen molar-refractivity contribution in [2.75, 3.05) is 33.9 Å². The van der Waals surface area contributed by atoms with Gasteiger partial charge in [0, 0.05) is 40.6 Å². The van der Waals surface area contributed by atoms with E-state index in [1.165, 1.54) is 14.0 Å². The third-order valence-corrected chi connectivity index (χ3v) is 3.40. The Hall–Kier alpha value is -1.28. The van der Waals surface area contributed by atoms with E-state index >= 15 is 0 Å². The van der Waals surface area contributed by atoms with Crippen LogP contribution >= 0.6 is 8.60 Å². The van der Waals surface area contributed by atoms with E-state index in [1.54, 1.807) is 7.05 Å². The van der Waals surface area contributed by atoms with E-state index < -0.39 is 8.60 Å². The molecule has 0 heterocycles. The average molecular weight is 397 g/mol. The van der Waals surface area contributed by atoms with Gasteiger partial charge in [0.25, 0.3) is 0 Å². The van der Waals surface area contributed by atoms with Gasteiger partial charge in [0.2, 0.25) is 18.2 Å². The summed E-state index contributed by atoms with van der Waals surface area (Å²) in [7, 11) is 1.29. The SMILES string of the molecule is CC.CNC(C)=O.COP(O)OCCCCCCNC(=O)CCNC=O. The Bertz CT molecular complexity index is 335. The Kier molecular flexibility index (Phi) is 29.4. The lowest BCUT2D eigenvalue weighted by Gasteiger charge is -2.07. The fourth-order valence-electron chi connectivity index (χ4n) is 1.34. The highest BCUT2D eigenvalue weighted by Gasteiger charge is 2.02. The molecule has 26 heavy (non-hydrogen) atoms. The van der Waals surface area contributed by atoms with Crippen molar-refractivity contribution in [1.82, 2.24) is 16.0 Å². The van der Waals surface area contributed by atoms with Crippen LogP contribution in [0, 0.1) is 0 Å². The zero-order valence-electron chi connectivity index (χ0n) is 16.7. The molecule has 0 aliphatic rings. The topological polar surface area (TPSA) is 126 Å². The van der Waals surface area contributed by atoms with Crippen molar-refractivity contribution in [1.29, 1.82) is 0 Å². The molecule has 0 saturated heterocycles. The molecule has 1 unspecified atom stereocenters. The lowest BCUT2D eigenvalue weighted by atomic mass is 10.2. The van der Waals surface area contributed by atoms with Gasteiger partial charge in [-0.2, -0.15) is 0 Å². The first-order valence-corrected chi connectivity index (χ1v) is 9.89. The van der Waals surface area contributed by atoms with E-state index in [9.17, 15) is 14.4 Å². The molecule has 0 spiro atoms. The van der Waals surface area contributed by atoms with Gasteiger partial charge < -0.3 is 29.9 Å². The van der Waals surface area contributed by atoms with Crippen LogP contribution in [0.1, 0.15) is 52.9 Å². The monoisotopic (exact) mass is 397 g/mol. The lowest BCUT2D eigenvalue weighted by Crippen LogP contribution is -2.27. The Morgan fingerprint density at radius 2 is 1.69 bits per heavy atom. The summed E-state index contributed by atoms with van der Waals surface area (Å²) in [6.45, 7) is 6.97. The highest BCUT2D eigenvalue weighted by atomic mass is 31.2. The Labute approximate surface area is 158 Å². The quantitative estimate of drug-likeness (QED) is 0.212. The van der Waals surface area contributed by atoms with Gasteiger partial charge in [-0.3, -0.25) is 14.4 Å². The van der Waals surface area contributed by atoms with Gasteiger partial charge in [-0.1, -0.05) is 26.7 Å². The maximum Gasteiger partial charge on any atom is 0.329 e. The molecule has 3 amide bonds. The molecule has 0 rings (SSSR count). The number of hydrogen-bond acceptors (Lipinski definition) is 6. The van der Waals surface area contributed by atoms with Gasteiger partial charge in [-0.15, -0.1) is 0 Å². The summed E-state index contributed by atoms with van der Waals surface area (Å²) >= 11 is 0. The molecule has 10 heteroatoms. The van der Waals surface area contributed by atoms with E-state index in [-0.39, 0.29) is 11.8 Å². The zero-order chi connectivity index (χ0) is 20.6. The first-order valence-electron chi connectivity index (χ1n) is 8.76. The molecule has 0 saturated carbocycles. The molecule has 0 aromatic carbocycles. The summed E-state index contributed by atoms with van der Waals surface area (Å²) < 4.78 is 9.57. The van der Waals surface area contributed by atoms with Crippen molar-refractivity contribution in [2.45, 2.75) is 52.9 Å². The van der Waals surface area contributed by atoms with Gasteiger partial charge in [0.1, 0.15) is 0 Å². The van der Waals surface area contributed by atoms with Crippen molar-refractivity contribution in [3.63, 3.8) is 0 Å². The minimum atomic E-state index is -1.71. The summed E-state index contributed by atoms with van der Waals surface area (Å²) in [5.41, 5.74) is 0. The third-order valence-electron chi connectivity index (χ3n) is 2.68. The van der Waals surface area contributed by atoms with E-state index in [4.69, 9.17) is 9.42 Å². The van der Waals surface area contributed by atoms with E-state index in [2.05, 4.69) is 20.5 Å². The largest absolute Gasteiger partial charge is 0.359 e. The number of amides is 3. The molecular weight excluding hydrogens is 361 g/mol. The van der Waals surface area contributed by atoms with Crippen molar-refractivity contribution >= 4 is 26.8 Å². The van der Waals surface area contributed by atoms with Gasteiger partial charge in [-0.25, -0.2) is 0 Å². The molecule has 0 fully saturated rings. The minimum Gasteiger partial charge on any atom is -0.359 e. The summed E-state index contributed by atoms with van der Waals surface area (Å²) in [6.07, 6.45) is 4.63. The zero-order valence-corrected chi connectivity index (χ0v) is 17.6. The van der Waals surface area contributed by atoms with Crippen LogP contribution in [-0.2, 0) is 23.4 Å². The number of hydrogen-bond donors (Lipinski definition) is 4. The van der Waals surface area contributed by atoms with Crippen LogP contribution < -0.4 is 16.0 Å². The number of carbonyl (C=O) groups is 3. The molecule has 0 aromatic heterocycles. The van der Waals surface area contributed by atoms with Crippen LogP contribution in [-0.4, -0.2) is 57.0 Å². The van der Waals surface area contributed by atoms with Crippen molar-refractivity contribution in [3.8, 4) is 0 Å². The van der Waals surface area contributed by atoms with Crippen LogP contribution in [0.4, 0.5) is 0 Å². The van der Waals surface area contributed by atoms with E-state index in [0.29, 0.717) is 32.5 Å². The maximum absolute atomic E-state index is 11.2. The number of nitrogens with one attached hydrogen (secondary N) is 3. The van der Waals surface area contributed by atoms with Gasteiger partial charge in [0.15, 0.2) is 0 Å². The third kappa shape index (κ3) is 30.6. The van der Waals surface area contributed by atoms with Crippen LogP contribution in [0.15, 0.2) is 0 Å². The Morgan fingerprint density at radius 3 is 2.19 bits per heavy atom. The fourth-order valence-corrected chi connectivity index (χ4v) is 1.73. The van der Waals surface area contributed by atoms with Crippen molar-refractivity contribution < 1.29 is 28.3 Å². The van der Waals surface area contributed by atoms with Gasteiger partial charge in [-0.05, 0) is 12.8 Å². The molecular formula is C16H36N3O6P. The van der Waals surface area contributed by atoms with Crippen molar-refractivity contribution in [3.05, 3.63) is 0 Å². The highest BCUT2D eigenvalue weighted by molar-refractivity contribution is 7.40. The maximum atomic E-state index is 11.2. The number of unbranched alkanes of at least 4 members (excludes halogenated alkanes) is 3. The molecule has 4 N–H and O–H groups in total. The Balaban J connectivity index is -0.000000645. The predicted octanol–water partition coefficient (Wildman–Crippen LogP) is 1.46. The first kappa shape index (κ1) is 29.5. The summed E-state index contributed by atoms with van der Waals surface area (Å²) in [6, 6.07) is 0. The fraction of sp³-hybridized carbons (Fsp3) is 0.812. The first-order chi connectivity index (χ1) is 12.5. The van der Waals surface area contributed by atoms with Crippen molar-refractivity contribution in [2.24, 2.45) is 0 Å². The van der Waals surface area contributed by atoms with Gasteiger partial charge in [0.05, 0.1) is 6.61 Å². The molecule has 9 nitrogen and oxygen atoms in total. The predicted molar refractivity (Wildman–Crippen MR) is 103 cm³/mol. The highest BCUT2D eigenvalue weighted by Crippen LogP contribution is 2.31. The standard InChI is InChI=1S/C11H23N2O5P.C3H7NO.C2H6/c1-17-19(16)18-9-5-3-2-4-7-13-11(15)6-8-12-10-14;1-3(5)4-2;1-2/h10,16H,2-9H2,1H3,(H,12,14)(H,13,15);1-2H3,(H,4,5);1-2H3. The second kappa shape index (κ2) is 26.0. The molecule has 0 aromatic rings. The smallest absolute Gasteiger partial charge is 0.329 e. The van der Waals surface area contributed by atoms with E-state index in [0.717, 1.165) is 25.7 Å². The van der Waals surface area contributed by atoms with Crippen LogP contribution in [0.3, 0.4) is 0 Å². The summed E-state index contributed by atoms with van der Waals surface area (Å²) in [5, 5.41) is 7.60. The van der Waals surface area contributed by atoms with E-state index in [1.807, 2.05) is 13.8 Å². The molecule has 156 valence electrons. The van der Waals surface area contributed by atoms with Crippen LogP contribution in [0.5, 0.6) is 0 Å². The molecule has 0 aliphatic heterocycles. The number of carbonyl (C=O) groups excluding carboxylic acids is 3. The van der Waals surface area contributed by atoms with Crippen LogP contribution in [0.2, 0.25) is 0 Å².